The van der Waals surface area contributed by atoms with Gasteiger partial charge in [-0.25, -0.2) is 9.59 Å². The monoisotopic (exact) mass is 476 g/mol. The van der Waals surface area contributed by atoms with Crippen LogP contribution in [0.15, 0.2) is 60.2 Å². The summed E-state index contributed by atoms with van der Waals surface area (Å²) in [5, 5.41) is 12.0. The van der Waals surface area contributed by atoms with Gasteiger partial charge < -0.3 is 20.1 Å². The molecule has 1 heterocycles. The van der Waals surface area contributed by atoms with E-state index in [1.807, 2.05) is 45.0 Å². The largest absolute Gasteiger partial charge is 0.478 e. The molecule has 1 aliphatic heterocycles. The maximum atomic E-state index is 13.3. The van der Waals surface area contributed by atoms with Crippen LogP contribution in [0.2, 0.25) is 0 Å². The fraction of sp³-hybridized carbons (Fsp3) is 0.393. The van der Waals surface area contributed by atoms with Crippen molar-refractivity contribution >= 4 is 18.0 Å². The van der Waals surface area contributed by atoms with Crippen molar-refractivity contribution in [3.63, 3.8) is 0 Å². The van der Waals surface area contributed by atoms with E-state index >= 15 is 0 Å². The normalized spacial score (nSPS) is 16.1. The molecule has 184 valence electrons. The molecule has 0 bridgehead atoms. The zero-order chi connectivity index (χ0) is 25.2. The summed E-state index contributed by atoms with van der Waals surface area (Å²) in [6.45, 7) is 6.71. The highest BCUT2D eigenvalue weighted by Crippen LogP contribution is 2.44. The highest BCUT2D eigenvalue weighted by molar-refractivity contribution is 5.89. The number of aliphatic carboxylic acids is 1. The number of benzene rings is 2. The van der Waals surface area contributed by atoms with Gasteiger partial charge in [0.05, 0.1) is 0 Å². The van der Waals surface area contributed by atoms with Crippen LogP contribution in [-0.2, 0) is 14.3 Å². The number of rotatable bonds is 6. The van der Waals surface area contributed by atoms with Gasteiger partial charge in [0, 0.05) is 24.6 Å². The molecule has 7 nitrogen and oxygen atoms in total. The number of alkyl carbamates (subject to hydrolysis) is 1. The molecule has 0 spiro atoms. The van der Waals surface area contributed by atoms with Crippen molar-refractivity contribution in [2.75, 3.05) is 19.7 Å². The highest BCUT2D eigenvalue weighted by Gasteiger charge is 2.33. The average Bonchev–Trinajstić information content (AvgIpc) is 3.15. The first kappa shape index (κ1) is 24.5. The van der Waals surface area contributed by atoms with Gasteiger partial charge >= 0.3 is 12.1 Å². The Bertz CT molecular complexity index is 1120. The number of ether oxygens (including phenoxy) is 1. The molecule has 4 rings (SSSR count). The van der Waals surface area contributed by atoms with Crippen LogP contribution in [-0.4, -0.2) is 53.7 Å². The predicted molar refractivity (Wildman–Crippen MR) is 133 cm³/mol. The van der Waals surface area contributed by atoms with Crippen LogP contribution in [0, 0.1) is 5.41 Å². The molecular formula is C28H32N2O5. The summed E-state index contributed by atoms with van der Waals surface area (Å²) in [7, 11) is 0. The summed E-state index contributed by atoms with van der Waals surface area (Å²) in [6, 6.07) is 15.5. The van der Waals surface area contributed by atoms with Crippen LogP contribution in [0.25, 0.3) is 11.1 Å². The SMILES string of the molecule is CC(C)(C)CC(NC(=O)OCC1c2ccccc2-c2ccccc21)C(=O)N1CC=C(C(=O)O)CC1. The Hall–Kier alpha value is -3.61. The van der Waals surface area contributed by atoms with E-state index in [1.165, 1.54) is 0 Å². The fourth-order valence-corrected chi connectivity index (χ4v) is 4.88. The number of hydrogen-bond acceptors (Lipinski definition) is 4. The van der Waals surface area contributed by atoms with Crippen molar-refractivity contribution < 1.29 is 24.2 Å². The van der Waals surface area contributed by atoms with Gasteiger partial charge in [-0.1, -0.05) is 75.4 Å². The first-order valence-corrected chi connectivity index (χ1v) is 12.0. The number of fused-ring (bicyclic) bond motifs is 3. The van der Waals surface area contributed by atoms with Crippen LogP contribution in [0.1, 0.15) is 50.7 Å². The smallest absolute Gasteiger partial charge is 0.407 e. The molecule has 2 aliphatic rings. The minimum atomic E-state index is -0.958. The number of hydrogen-bond donors (Lipinski definition) is 2. The van der Waals surface area contributed by atoms with Crippen molar-refractivity contribution in [3.05, 3.63) is 71.3 Å². The molecule has 2 N–H and O–H groups in total. The second-order valence-electron chi connectivity index (χ2n) is 10.4. The molecule has 0 radical (unpaired) electrons. The van der Waals surface area contributed by atoms with Gasteiger partial charge in [-0.05, 0) is 40.5 Å². The van der Waals surface area contributed by atoms with Gasteiger partial charge in [0.15, 0.2) is 0 Å². The fourth-order valence-electron chi connectivity index (χ4n) is 4.88. The van der Waals surface area contributed by atoms with E-state index in [2.05, 4.69) is 29.6 Å². The minimum absolute atomic E-state index is 0.0633. The Balaban J connectivity index is 1.43. The summed E-state index contributed by atoms with van der Waals surface area (Å²) >= 11 is 0. The summed E-state index contributed by atoms with van der Waals surface area (Å²) in [4.78, 5) is 38.9. The number of carboxylic acid groups (broad SMARTS) is 1. The lowest BCUT2D eigenvalue weighted by atomic mass is 9.87. The standard InChI is InChI=1S/C28H32N2O5/c1-28(2,3)16-24(25(31)30-14-12-18(13-15-30)26(32)33)29-27(34)35-17-23-21-10-6-4-8-19(21)20-9-5-7-11-22(20)23/h4-12,23-24H,13-17H2,1-3H3,(H,29,34)(H,32,33). The van der Waals surface area contributed by atoms with E-state index in [1.54, 1.807) is 11.0 Å². The van der Waals surface area contributed by atoms with Crippen molar-refractivity contribution in [1.29, 1.82) is 0 Å². The molecular weight excluding hydrogens is 444 g/mol. The Morgan fingerprint density at radius 2 is 1.66 bits per heavy atom. The lowest BCUT2D eigenvalue weighted by Gasteiger charge is -2.32. The number of nitrogens with one attached hydrogen (secondary N) is 1. The van der Waals surface area contributed by atoms with E-state index in [-0.39, 0.29) is 36.8 Å². The highest BCUT2D eigenvalue weighted by atomic mass is 16.5. The van der Waals surface area contributed by atoms with E-state index in [9.17, 15) is 19.5 Å². The van der Waals surface area contributed by atoms with Crippen molar-refractivity contribution in [2.24, 2.45) is 5.41 Å². The second-order valence-corrected chi connectivity index (χ2v) is 10.4. The molecule has 2 aromatic rings. The first-order valence-electron chi connectivity index (χ1n) is 12.0. The number of amides is 2. The average molecular weight is 477 g/mol. The van der Waals surface area contributed by atoms with Crippen molar-refractivity contribution in [2.45, 2.75) is 45.6 Å². The minimum Gasteiger partial charge on any atom is -0.478 e. The summed E-state index contributed by atoms with van der Waals surface area (Å²) in [5.74, 6) is -1.25. The summed E-state index contributed by atoms with van der Waals surface area (Å²) < 4.78 is 5.66. The molecule has 2 amide bonds. The number of carbonyl (C=O) groups is 3. The molecule has 1 unspecified atom stereocenters. The van der Waals surface area contributed by atoms with Crippen LogP contribution >= 0.6 is 0 Å². The Morgan fingerprint density at radius 1 is 1.06 bits per heavy atom. The zero-order valence-electron chi connectivity index (χ0n) is 20.4. The van der Waals surface area contributed by atoms with Gasteiger partial charge in [0.1, 0.15) is 12.6 Å². The maximum Gasteiger partial charge on any atom is 0.407 e. The Kier molecular flexibility index (Phi) is 6.96. The van der Waals surface area contributed by atoms with E-state index < -0.39 is 18.1 Å². The topological polar surface area (TPSA) is 95.9 Å². The van der Waals surface area contributed by atoms with E-state index in [0.29, 0.717) is 18.5 Å². The van der Waals surface area contributed by atoms with Gasteiger partial charge in [-0.15, -0.1) is 0 Å². The molecule has 0 fully saturated rings. The lowest BCUT2D eigenvalue weighted by molar-refractivity contribution is -0.136. The molecule has 1 atom stereocenters. The van der Waals surface area contributed by atoms with Gasteiger partial charge in [-0.2, -0.15) is 0 Å². The van der Waals surface area contributed by atoms with Crippen LogP contribution in [0.5, 0.6) is 0 Å². The van der Waals surface area contributed by atoms with Crippen LogP contribution in [0.3, 0.4) is 0 Å². The molecule has 1 aliphatic carbocycles. The zero-order valence-corrected chi connectivity index (χ0v) is 20.4. The molecule has 0 aromatic heterocycles. The Morgan fingerprint density at radius 3 is 2.17 bits per heavy atom. The predicted octanol–water partition coefficient (Wildman–Crippen LogP) is 4.57. The van der Waals surface area contributed by atoms with E-state index in [0.717, 1.165) is 22.3 Å². The quantitative estimate of drug-likeness (QED) is 0.637. The van der Waals surface area contributed by atoms with Crippen molar-refractivity contribution in [3.8, 4) is 11.1 Å². The maximum absolute atomic E-state index is 13.3. The molecule has 7 heteroatoms. The molecule has 2 aromatic carbocycles. The lowest BCUT2D eigenvalue weighted by Crippen LogP contribution is -2.51. The molecule has 0 saturated heterocycles. The van der Waals surface area contributed by atoms with Gasteiger partial charge in [0.25, 0.3) is 0 Å². The van der Waals surface area contributed by atoms with Crippen LogP contribution < -0.4 is 5.32 Å². The number of carboxylic acids is 1. The number of nitrogens with zero attached hydrogens (tertiary/aromatic N) is 1. The van der Waals surface area contributed by atoms with Crippen LogP contribution in [0.4, 0.5) is 4.79 Å². The van der Waals surface area contributed by atoms with E-state index in [4.69, 9.17) is 4.74 Å². The third-order valence-electron chi connectivity index (χ3n) is 6.55. The van der Waals surface area contributed by atoms with Gasteiger partial charge in [0.2, 0.25) is 5.91 Å². The Labute approximate surface area is 205 Å². The summed E-state index contributed by atoms with van der Waals surface area (Å²) in [6.07, 6.45) is 1.65. The number of carbonyl (C=O) groups excluding carboxylic acids is 2. The second kappa shape index (κ2) is 9.94. The third-order valence-corrected chi connectivity index (χ3v) is 6.55. The third kappa shape index (κ3) is 5.56. The molecule has 0 saturated carbocycles. The molecule has 35 heavy (non-hydrogen) atoms. The van der Waals surface area contributed by atoms with Crippen molar-refractivity contribution in [1.82, 2.24) is 10.2 Å². The first-order chi connectivity index (χ1) is 16.6. The van der Waals surface area contributed by atoms with Gasteiger partial charge in [-0.3, -0.25) is 4.79 Å². The summed E-state index contributed by atoms with van der Waals surface area (Å²) in [5.41, 5.74) is 4.64.